The van der Waals surface area contributed by atoms with Crippen molar-refractivity contribution in [3.05, 3.63) is 30.5 Å². The molecule has 1 aromatic heterocycles. The van der Waals surface area contributed by atoms with Crippen molar-refractivity contribution in [3.63, 3.8) is 0 Å². The molecular formula is C13H15F2N3O. The molecule has 1 aromatic carbocycles. The van der Waals surface area contributed by atoms with E-state index in [2.05, 4.69) is 10.3 Å². The lowest BCUT2D eigenvalue weighted by Crippen LogP contribution is -2.13. The molecule has 0 amide bonds. The van der Waals surface area contributed by atoms with Crippen LogP contribution in [0, 0.1) is 0 Å². The largest absolute Gasteiger partial charge is 0.397 e. The predicted octanol–water partition coefficient (Wildman–Crippen LogP) is 2.51. The van der Waals surface area contributed by atoms with E-state index >= 15 is 0 Å². The Hall–Kier alpha value is -1.95. The second-order valence-corrected chi connectivity index (χ2v) is 3.99. The summed E-state index contributed by atoms with van der Waals surface area (Å²) in [6.07, 6.45) is -0.754. The summed E-state index contributed by atoms with van der Waals surface area (Å²) in [5.41, 5.74) is 8.03. The summed E-state index contributed by atoms with van der Waals surface area (Å²) in [6.45, 7) is 0.128. The van der Waals surface area contributed by atoms with Gasteiger partial charge in [0.1, 0.15) is 6.61 Å². The average Bonchev–Trinajstić information content (AvgIpc) is 2.41. The Bertz CT molecular complexity index is 548. The van der Waals surface area contributed by atoms with Crippen molar-refractivity contribution in [1.29, 1.82) is 0 Å². The Morgan fingerprint density at radius 3 is 2.95 bits per heavy atom. The van der Waals surface area contributed by atoms with Crippen LogP contribution in [0.15, 0.2) is 30.5 Å². The number of alkyl halides is 2. The van der Waals surface area contributed by atoms with Gasteiger partial charge in [-0.3, -0.25) is 4.98 Å². The number of aromatic nitrogens is 1. The van der Waals surface area contributed by atoms with Crippen LogP contribution in [0.5, 0.6) is 0 Å². The number of nitrogen functional groups attached to an aromatic ring is 1. The van der Waals surface area contributed by atoms with E-state index in [1.54, 1.807) is 12.3 Å². The topological polar surface area (TPSA) is 60.2 Å². The van der Waals surface area contributed by atoms with Crippen molar-refractivity contribution in [2.75, 3.05) is 30.8 Å². The van der Waals surface area contributed by atoms with Crippen molar-refractivity contribution in [3.8, 4) is 0 Å². The Morgan fingerprint density at radius 1 is 1.32 bits per heavy atom. The van der Waals surface area contributed by atoms with Gasteiger partial charge in [0.25, 0.3) is 6.43 Å². The van der Waals surface area contributed by atoms with E-state index in [0.29, 0.717) is 12.2 Å². The minimum atomic E-state index is -2.43. The quantitative estimate of drug-likeness (QED) is 0.623. The number of rotatable bonds is 6. The summed E-state index contributed by atoms with van der Waals surface area (Å²) in [4.78, 5) is 4.21. The summed E-state index contributed by atoms with van der Waals surface area (Å²) in [5, 5.41) is 4.02. The third-order valence-electron chi connectivity index (χ3n) is 2.61. The zero-order valence-corrected chi connectivity index (χ0v) is 10.3. The van der Waals surface area contributed by atoms with Crippen molar-refractivity contribution in [2.45, 2.75) is 6.43 Å². The number of pyridine rings is 1. The maximum Gasteiger partial charge on any atom is 0.261 e. The molecule has 0 radical (unpaired) electrons. The van der Waals surface area contributed by atoms with Gasteiger partial charge in [0.15, 0.2) is 0 Å². The summed E-state index contributed by atoms with van der Waals surface area (Å²) >= 11 is 0. The van der Waals surface area contributed by atoms with Crippen LogP contribution in [0.1, 0.15) is 0 Å². The van der Waals surface area contributed by atoms with Gasteiger partial charge in [0.2, 0.25) is 0 Å². The molecule has 3 N–H and O–H groups in total. The molecule has 2 aromatic rings. The second kappa shape index (κ2) is 6.29. The lowest BCUT2D eigenvalue weighted by atomic mass is 10.1. The Morgan fingerprint density at radius 2 is 2.16 bits per heavy atom. The molecule has 4 nitrogen and oxygen atoms in total. The minimum Gasteiger partial charge on any atom is -0.397 e. The number of fused-ring (bicyclic) bond motifs is 1. The summed E-state index contributed by atoms with van der Waals surface area (Å²) in [5.74, 6) is 0. The van der Waals surface area contributed by atoms with E-state index < -0.39 is 13.0 Å². The zero-order chi connectivity index (χ0) is 13.7. The third-order valence-corrected chi connectivity index (χ3v) is 2.61. The van der Waals surface area contributed by atoms with E-state index in [1.807, 2.05) is 18.2 Å². The fraction of sp³-hybridized carbons (Fsp3) is 0.308. The third kappa shape index (κ3) is 3.51. The van der Waals surface area contributed by atoms with Gasteiger partial charge >= 0.3 is 0 Å². The fourth-order valence-electron chi connectivity index (χ4n) is 1.78. The zero-order valence-electron chi connectivity index (χ0n) is 10.3. The number of ether oxygens (including phenoxy) is 1. The van der Waals surface area contributed by atoms with Gasteiger partial charge in [-0.25, -0.2) is 8.78 Å². The fourth-order valence-corrected chi connectivity index (χ4v) is 1.78. The average molecular weight is 267 g/mol. The molecule has 0 aliphatic heterocycles. The van der Waals surface area contributed by atoms with Crippen molar-refractivity contribution < 1.29 is 13.5 Å². The molecule has 0 atom stereocenters. The Labute approximate surface area is 109 Å². The Kier molecular flexibility index (Phi) is 4.46. The van der Waals surface area contributed by atoms with Crippen molar-refractivity contribution >= 4 is 22.3 Å². The van der Waals surface area contributed by atoms with Gasteiger partial charge in [0, 0.05) is 23.8 Å². The van der Waals surface area contributed by atoms with Crippen LogP contribution in [0.4, 0.5) is 20.2 Å². The van der Waals surface area contributed by atoms with Crippen LogP contribution in [0.2, 0.25) is 0 Å². The minimum absolute atomic E-state index is 0.219. The highest BCUT2D eigenvalue weighted by Crippen LogP contribution is 2.26. The van der Waals surface area contributed by atoms with E-state index in [-0.39, 0.29) is 6.61 Å². The molecule has 0 saturated carbocycles. The van der Waals surface area contributed by atoms with Crippen molar-refractivity contribution in [2.24, 2.45) is 0 Å². The molecule has 0 bridgehead atoms. The first-order valence-corrected chi connectivity index (χ1v) is 5.91. The number of anilines is 2. The first-order valence-electron chi connectivity index (χ1n) is 5.91. The molecule has 1 heterocycles. The molecule has 0 saturated heterocycles. The van der Waals surface area contributed by atoms with E-state index in [9.17, 15) is 8.78 Å². The maximum atomic E-state index is 11.9. The summed E-state index contributed by atoms with van der Waals surface area (Å²) in [6, 6.07) is 7.32. The number of nitrogens with one attached hydrogen (secondary N) is 1. The normalized spacial score (nSPS) is 11.1. The van der Waals surface area contributed by atoms with Crippen LogP contribution in [0.25, 0.3) is 10.9 Å². The molecular weight excluding hydrogens is 252 g/mol. The van der Waals surface area contributed by atoms with Crippen LogP contribution in [-0.2, 0) is 4.74 Å². The lowest BCUT2D eigenvalue weighted by Gasteiger charge is -2.11. The highest BCUT2D eigenvalue weighted by atomic mass is 19.3. The standard InChI is InChI=1S/C13H15F2N3O/c14-12(15)8-19-7-6-17-11-4-3-10(16)13-9(11)2-1-5-18-13/h1-5,12,17H,6-8,16H2. The van der Waals surface area contributed by atoms with Crippen molar-refractivity contribution in [1.82, 2.24) is 4.98 Å². The van der Waals surface area contributed by atoms with Crippen LogP contribution < -0.4 is 11.1 Å². The number of nitrogens with two attached hydrogens (primary N) is 1. The van der Waals surface area contributed by atoms with E-state index in [4.69, 9.17) is 10.5 Å². The Balaban J connectivity index is 1.99. The number of hydrogen-bond acceptors (Lipinski definition) is 4. The van der Waals surface area contributed by atoms with Gasteiger partial charge < -0.3 is 15.8 Å². The molecule has 0 aliphatic carbocycles. The molecule has 102 valence electrons. The summed E-state index contributed by atoms with van der Waals surface area (Å²) in [7, 11) is 0. The molecule has 0 spiro atoms. The van der Waals surface area contributed by atoms with Crippen LogP contribution >= 0.6 is 0 Å². The first-order chi connectivity index (χ1) is 9.18. The smallest absolute Gasteiger partial charge is 0.261 e. The highest BCUT2D eigenvalue weighted by molar-refractivity contribution is 5.98. The number of halogens is 2. The van der Waals surface area contributed by atoms with Gasteiger partial charge in [-0.15, -0.1) is 0 Å². The molecule has 0 aliphatic rings. The maximum absolute atomic E-state index is 11.9. The first kappa shape index (κ1) is 13.5. The molecule has 0 unspecified atom stereocenters. The van der Waals surface area contributed by atoms with Gasteiger partial charge in [-0.05, 0) is 24.3 Å². The van der Waals surface area contributed by atoms with Gasteiger partial charge in [-0.1, -0.05) is 0 Å². The number of benzene rings is 1. The number of hydrogen-bond donors (Lipinski definition) is 2. The summed E-state index contributed by atoms with van der Waals surface area (Å²) < 4.78 is 28.5. The SMILES string of the molecule is Nc1ccc(NCCOCC(F)F)c2cccnc12. The number of nitrogens with zero attached hydrogens (tertiary/aromatic N) is 1. The monoisotopic (exact) mass is 267 g/mol. The molecule has 2 rings (SSSR count). The van der Waals surface area contributed by atoms with Crippen LogP contribution in [0.3, 0.4) is 0 Å². The van der Waals surface area contributed by atoms with Gasteiger partial charge in [-0.2, -0.15) is 0 Å². The predicted molar refractivity (Wildman–Crippen MR) is 71.5 cm³/mol. The lowest BCUT2D eigenvalue weighted by molar-refractivity contribution is 0.0215. The van der Waals surface area contributed by atoms with Crippen LogP contribution in [-0.4, -0.2) is 31.2 Å². The molecule has 6 heteroatoms. The van der Waals surface area contributed by atoms with E-state index in [1.165, 1.54) is 0 Å². The highest BCUT2D eigenvalue weighted by Gasteiger charge is 2.05. The molecule has 19 heavy (non-hydrogen) atoms. The second-order valence-electron chi connectivity index (χ2n) is 3.99. The van der Waals surface area contributed by atoms with Gasteiger partial charge in [0.05, 0.1) is 17.8 Å². The van der Waals surface area contributed by atoms with E-state index in [0.717, 1.165) is 16.6 Å². The molecule has 0 fully saturated rings.